The Morgan fingerprint density at radius 1 is 1.31 bits per heavy atom. The van der Waals surface area contributed by atoms with E-state index in [0.29, 0.717) is 5.92 Å². The van der Waals surface area contributed by atoms with Crippen molar-refractivity contribution in [1.29, 1.82) is 0 Å². The van der Waals surface area contributed by atoms with Crippen molar-refractivity contribution in [3.63, 3.8) is 0 Å². The molecule has 16 heavy (non-hydrogen) atoms. The van der Waals surface area contributed by atoms with Gasteiger partial charge in [-0.1, -0.05) is 6.08 Å². The number of ether oxygens (including phenoxy) is 2. The number of nitrogens with one attached hydrogen (secondary N) is 1. The molecular weight excluding hydrogens is 202 g/mol. The molecule has 1 N–H and O–H groups in total. The molecule has 0 radical (unpaired) electrons. The molecule has 0 saturated heterocycles. The van der Waals surface area contributed by atoms with Crippen molar-refractivity contribution in [3.8, 4) is 11.5 Å². The van der Waals surface area contributed by atoms with Crippen LogP contribution in [0, 0.1) is 5.92 Å². The van der Waals surface area contributed by atoms with E-state index in [1.807, 2.05) is 18.2 Å². The third-order valence-corrected chi connectivity index (χ3v) is 2.98. The minimum atomic E-state index is 0.491. The topological polar surface area (TPSA) is 30.5 Å². The standard InChI is InChI=1S/C13H17NO2/c1-4-9-5-10-6-12(15-2)13(16-3)7-11(10)14-8-9/h4,6-7,9,14H,1,5,8H2,2-3H3/t9-/m1/s1. The van der Waals surface area contributed by atoms with Gasteiger partial charge in [-0.2, -0.15) is 0 Å². The fourth-order valence-electron chi connectivity index (χ4n) is 2.02. The number of hydrogen-bond donors (Lipinski definition) is 1. The zero-order valence-electron chi connectivity index (χ0n) is 9.75. The maximum absolute atomic E-state index is 5.29. The van der Waals surface area contributed by atoms with Crippen LogP contribution in [0.5, 0.6) is 11.5 Å². The van der Waals surface area contributed by atoms with E-state index in [1.54, 1.807) is 14.2 Å². The van der Waals surface area contributed by atoms with Gasteiger partial charge in [0.2, 0.25) is 0 Å². The number of rotatable bonds is 3. The second-order valence-electron chi connectivity index (χ2n) is 3.95. The number of anilines is 1. The lowest BCUT2D eigenvalue weighted by Crippen LogP contribution is -2.21. The van der Waals surface area contributed by atoms with E-state index in [2.05, 4.69) is 11.9 Å². The Kier molecular flexibility index (Phi) is 3.04. The summed E-state index contributed by atoms with van der Waals surface area (Å²) in [5, 5.41) is 3.38. The zero-order chi connectivity index (χ0) is 11.5. The van der Waals surface area contributed by atoms with Crippen LogP contribution in [0.1, 0.15) is 5.56 Å². The summed E-state index contributed by atoms with van der Waals surface area (Å²) in [6.45, 7) is 4.77. The van der Waals surface area contributed by atoms with Crippen molar-refractivity contribution in [2.75, 3.05) is 26.1 Å². The van der Waals surface area contributed by atoms with E-state index in [9.17, 15) is 0 Å². The van der Waals surface area contributed by atoms with Crippen molar-refractivity contribution in [2.24, 2.45) is 5.92 Å². The molecule has 1 atom stereocenters. The molecule has 0 fully saturated rings. The van der Waals surface area contributed by atoms with Crippen LogP contribution in [0.2, 0.25) is 0 Å². The molecule has 1 aliphatic heterocycles. The maximum atomic E-state index is 5.29. The number of hydrogen-bond acceptors (Lipinski definition) is 3. The van der Waals surface area contributed by atoms with Crippen molar-refractivity contribution in [2.45, 2.75) is 6.42 Å². The summed E-state index contributed by atoms with van der Waals surface area (Å²) in [5.74, 6) is 2.05. The second kappa shape index (κ2) is 4.47. The SMILES string of the molecule is C=C[C@H]1CNc2cc(OC)c(OC)cc2C1. The molecule has 0 amide bonds. The summed E-state index contributed by atoms with van der Waals surface area (Å²) in [6, 6.07) is 4.03. The molecule has 1 aromatic rings. The molecule has 0 bridgehead atoms. The van der Waals surface area contributed by atoms with Gasteiger partial charge in [0.25, 0.3) is 0 Å². The van der Waals surface area contributed by atoms with Gasteiger partial charge in [-0.15, -0.1) is 6.58 Å². The fraction of sp³-hybridized carbons (Fsp3) is 0.385. The molecule has 1 aromatic carbocycles. The summed E-state index contributed by atoms with van der Waals surface area (Å²) < 4.78 is 10.6. The zero-order valence-corrected chi connectivity index (χ0v) is 9.75. The molecule has 1 heterocycles. The smallest absolute Gasteiger partial charge is 0.162 e. The highest BCUT2D eigenvalue weighted by Gasteiger charge is 2.18. The molecule has 1 aliphatic rings. The monoisotopic (exact) mass is 219 g/mol. The van der Waals surface area contributed by atoms with E-state index in [1.165, 1.54) is 5.56 Å². The Morgan fingerprint density at radius 3 is 2.62 bits per heavy atom. The molecule has 0 aliphatic carbocycles. The average molecular weight is 219 g/mol. The molecular formula is C13H17NO2. The van der Waals surface area contributed by atoms with Gasteiger partial charge in [-0.3, -0.25) is 0 Å². The van der Waals surface area contributed by atoms with E-state index in [-0.39, 0.29) is 0 Å². The van der Waals surface area contributed by atoms with Crippen molar-refractivity contribution in [1.82, 2.24) is 0 Å². The second-order valence-corrected chi connectivity index (χ2v) is 3.95. The van der Waals surface area contributed by atoms with E-state index in [0.717, 1.165) is 30.2 Å². The lowest BCUT2D eigenvalue weighted by atomic mass is 9.94. The van der Waals surface area contributed by atoms with Crippen molar-refractivity contribution >= 4 is 5.69 Å². The molecule has 0 spiro atoms. The van der Waals surface area contributed by atoms with Crippen LogP contribution in [0.3, 0.4) is 0 Å². The fourth-order valence-corrected chi connectivity index (χ4v) is 2.02. The molecule has 86 valence electrons. The van der Waals surface area contributed by atoms with Crippen LogP contribution >= 0.6 is 0 Å². The summed E-state index contributed by atoms with van der Waals surface area (Å²) in [6.07, 6.45) is 3.00. The normalized spacial score (nSPS) is 18.2. The first-order chi connectivity index (χ1) is 7.78. The molecule has 0 saturated carbocycles. The third-order valence-electron chi connectivity index (χ3n) is 2.98. The number of fused-ring (bicyclic) bond motifs is 1. The average Bonchev–Trinajstić information content (AvgIpc) is 2.36. The summed E-state index contributed by atoms with van der Waals surface area (Å²) in [4.78, 5) is 0. The molecule has 2 rings (SSSR count). The first-order valence-corrected chi connectivity index (χ1v) is 5.39. The van der Waals surface area contributed by atoms with Crippen LogP contribution < -0.4 is 14.8 Å². The van der Waals surface area contributed by atoms with Gasteiger partial charge in [-0.25, -0.2) is 0 Å². The third kappa shape index (κ3) is 1.85. The first-order valence-electron chi connectivity index (χ1n) is 5.39. The lowest BCUT2D eigenvalue weighted by Gasteiger charge is -2.25. The predicted molar refractivity (Wildman–Crippen MR) is 65.4 cm³/mol. The summed E-state index contributed by atoms with van der Waals surface area (Å²) in [7, 11) is 3.31. The molecule has 3 nitrogen and oxygen atoms in total. The largest absolute Gasteiger partial charge is 0.493 e. The van der Waals surface area contributed by atoms with Gasteiger partial charge in [0.1, 0.15) is 0 Å². The highest BCUT2D eigenvalue weighted by molar-refractivity contribution is 5.62. The number of methoxy groups -OCH3 is 2. The van der Waals surface area contributed by atoms with Crippen molar-refractivity contribution < 1.29 is 9.47 Å². The maximum Gasteiger partial charge on any atom is 0.162 e. The van der Waals surface area contributed by atoms with Gasteiger partial charge in [-0.05, 0) is 24.0 Å². The van der Waals surface area contributed by atoms with Crippen LogP contribution in [0.4, 0.5) is 5.69 Å². The Hall–Kier alpha value is -1.64. The minimum Gasteiger partial charge on any atom is -0.493 e. The van der Waals surface area contributed by atoms with Crippen LogP contribution in [0.25, 0.3) is 0 Å². The molecule has 3 heteroatoms. The van der Waals surface area contributed by atoms with Gasteiger partial charge < -0.3 is 14.8 Å². The van der Waals surface area contributed by atoms with Crippen LogP contribution in [-0.4, -0.2) is 20.8 Å². The summed E-state index contributed by atoms with van der Waals surface area (Å²) >= 11 is 0. The van der Waals surface area contributed by atoms with E-state index >= 15 is 0 Å². The molecule has 0 aromatic heterocycles. The van der Waals surface area contributed by atoms with Gasteiger partial charge in [0.05, 0.1) is 14.2 Å². The predicted octanol–water partition coefficient (Wildman–Crippen LogP) is 2.47. The Morgan fingerprint density at radius 2 is 2.00 bits per heavy atom. The van der Waals surface area contributed by atoms with Gasteiger partial charge in [0, 0.05) is 18.3 Å². The Bertz CT molecular complexity index is 401. The van der Waals surface area contributed by atoms with Gasteiger partial charge >= 0.3 is 0 Å². The molecule has 0 unspecified atom stereocenters. The first kappa shape index (κ1) is 10.9. The highest BCUT2D eigenvalue weighted by Crippen LogP contribution is 2.36. The van der Waals surface area contributed by atoms with Gasteiger partial charge in [0.15, 0.2) is 11.5 Å². The summed E-state index contributed by atoms with van der Waals surface area (Å²) in [5.41, 5.74) is 2.39. The lowest BCUT2D eigenvalue weighted by molar-refractivity contribution is 0.354. The Balaban J connectivity index is 2.37. The minimum absolute atomic E-state index is 0.491. The van der Waals surface area contributed by atoms with E-state index < -0.39 is 0 Å². The van der Waals surface area contributed by atoms with E-state index in [4.69, 9.17) is 9.47 Å². The van der Waals surface area contributed by atoms with Crippen LogP contribution in [-0.2, 0) is 6.42 Å². The quantitative estimate of drug-likeness (QED) is 0.792. The van der Waals surface area contributed by atoms with Crippen molar-refractivity contribution in [3.05, 3.63) is 30.4 Å². The Labute approximate surface area is 96.1 Å². The highest BCUT2D eigenvalue weighted by atomic mass is 16.5. The van der Waals surface area contributed by atoms with Crippen LogP contribution in [0.15, 0.2) is 24.8 Å². The number of benzene rings is 1.